The third kappa shape index (κ3) is 6.38. The van der Waals surface area contributed by atoms with E-state index < -0.39 is 11.8 Å². The Morgan fingerprint density at radius 1 is 1.00 bits per heavy atom. The molecule has 0 bridgehead atoms. The lowest BCUT2D eigenvalue weighted by molar-refractivity contribution is 0.0195. The van der Waals surface area contributed by atoms with Crippen LogP contribution in [0.3, 0.4) is 0 Å². The average molecular weight is 374 g/mol. The van der Waals surface area contributed by atoms with Gasteiger partial charge in [-0.25, -0.2) is 10.2 Å². The van der Waals surface area contributed by atoms with Crippen LogP contribution in [0.25, 0.3) is 0 Å². The highest BCUT2D eigenvalue weighted by molar-refractivity contribution is 5.68. The number of hydrazine groups is 1. The molecule has 7 nitrogen and oxygen atoms in total. The van der Waals surface area contributed by atoms with Crippen LogP contribution < -0.4 is 25.1 Å². The number of nitrogens with one attached hydrogen (secondary N) is 2. The Morgan fingerprint density at radius 3 is 2.11 bits per heavy atom. The van der Waals surface area contributed by atoms with Crippen LogP contribution in [-0.2, 0) is 11.3 Å². The normalized spacial score (nSPS) is 10.9. The van der Waals surface area contributed by atoms with Gasteiger partial charge in [-0.05, 0) is 50.6 Å². The summed E-state index contributed by atoms with van der Waals surface area (Å²) in [4.78, 5) is 12.0. The summed E-state index contributed by atoms with van der Waals surface area (Å²) in [7, 11) is 2.99. The SMILES string of the molecule is COc1cc(CNNc2ccccc2)cc(OC)c1OC(=O)OC(C)(C)C. The number of ether oxygens (including phenoxy) is 4. The van der Waals surface area contributed by atoms with Crippen LogP contribution in [0.5, 0.6) is 17.2 Å². The van der Waals surface area contributed by atoms with Crippen molar-refractivity contribution in [2.75, 3.05) is 19.6 Å². The van der Waals surface area contributed by atoms with E-state index >= 15 is 0 Å². The largest absolute Gasteiger partial charge is 0.514 e. The van der Waals surface area contributed by atoms with Gasteiger partial charge in [-0.2, -0.15) is 0 Å². The zero-order chi connectivity index (χ0) is 19.9. The molecule has 0 saturated carbocycles. The van der Waals surface area contributed by atoms with E-state index in [2.05, 4.69) is 10.9 Å². The van der Waals surface area contributed by atoms with Gasteiger partial charge in [0, 0.05) is 12.2 Å². The van der Waals surface area contributed by atoms with Gasteiger partial charge in [0.15, 0.2) is 11.5 Å². The molecular weight excluding hydrogens is 348 g/mol. The zero-order valence-electron chi connectivity index (χ0n) is 16.3. The molecule has 0 unspecified atom stereocenters. The number of anilines is 1. The van der Waals surface area contributed by atoms with Crippen molar-refractivity contribution in [1.82, 2.24) is 5.43 Å². The molecule has 0 saturated heterocycles. The first-order valence-electron chi connectivity index (χ1n) is 8.52. The zero-order valence-corrected chi connectivity index (χ0v) is 16.3. The standard InChI is InChI=1S/C20H26N2O5/c1-20(2,3)27-19(23)26-18-16(24-4)11-14(12-17(18)25-5)13-21-22-15-9-7-6-8-10-15/h6-12,21-22H,13H2,1-5H3. The van der Waals surface area contributed by atoms with Crippen LogP contribution in [-0.4, -0.2) is 26.0 Å². The van der Waals surface area contributed by atoms with E-state index in [4.69, 9.17) is 18.9 Å². The Labute approximate surface area is 159 Å². The lowest BCUT2D eigenvalue weighted by Crippen LogP contribution is -2.26. The third-order valence-corrected chi connectivity index (χ3v) is 3.39. The van der Waals surface area contributed by atoms with Crippen LogP contribution in [0.4, 0.5) is 10.5 Å². The van der Waals surface area contributed by atoms with Crippen molar-refractivity contribution < 1.29 is 23.7 Å². The van der Waals surface area contributed by atoms with Crippen LogP contribution in [0, 0.1) is 0 Å². The number of para-hydroxylation sites is 1. The molecule has 27 heavy (non-hydrogen) atoms. The molecule has 0 spiro atoms. The van der Waals surface area contributed by atoms with Gasteiger partial charge in [-0.1, -0.05) is 18.2 Å². The second-order valence-electron chi connectivity index (χ2n) is 6.74. The van der Waals surface area contributed by atoms with Gasteiger partial charge < -0.3 is 24.4 Å². The van der Waals surface area contributed by atoms with Gasteiger partial charge in [0.2, 0.25) is 5.75 Å². The van der Waals surface area contributed by atoms with Crippen molar-refractivity contribution in [3.05, 3.63) is 48.0 Å². The van der Waals surface area contributed by atoms with Gasteiger partial charge >= 0.3 is 6.16 Å². The fraction of sp³-hybridized carbons (Fsp3) is 0.350. The molecule has 2 aromatic carbocycles. The van der Waals surface area contributed by atoms with E-state index in [0.29, 0.717) is 18.0 Å². The first kappa shape index (κ1) is 20.4. The van der Waals surface area contributed by atoms with E-state index in [9.17, 15) is 4.79 Å². The van der Waals surface area contributed by atoms with Crippen molar-refractivity contribution in [2.45, 2.75) is 32.9 Å². The minimum atomic E-state index is -0.823. The molecule has 0 aliphatic carbocycles. The highest BCUT2D eigenvalue weighted by atomic mass is 16.7. The van der Waals surface area contributed by atoms with Crippen molar-refractivity contribution in [3.63, 3.8) is 0 Å². The second-order valence-corrected chi connectivity index (χ2v) is 6.74. The summed E-state index contributed by atoms with van der Waals surface area (Å²) >= 11 is 0. The maximum absolute atomic E-state index is 12.0. The molecule has 0 aromatic heterocycles. The molecule has 0 fully saturated rings. The summed E-state index contributed by atoms with van der Waals surface area (Å²) in [5.74, 6) is 0.919. The lowest BCUT2D eigenvalue weighted by atomic mass is 10.2. The molecule has 2 aromatic rings. The molecule has 0 amide bonds. The molecule has 0 radical (unpaired) electrons. The number of benzene rings is 2. The van der Waals surface area contributed by atoms with Gasteiger partial charge in [0.05, 0.1) is 14.2 Å². The summed E-state index contributed by atoms with van der Waals surface area (Å²) < 4.78 is 21.2. The smallest absolute Gasteiger partial charge is 0.493 e. The molecule has 0 aliphatic rings. The number of hydrogen-bond donors (Lipinski definition) is 2. The Bertz CT molecular complexity index is 732. The summed E-state index contributed by atoms with van der Waals surface area (Å²) in [5, 5.41) is 0. The number of hydrogen-bond acceptors (Lipinski definition) is 7. The Hall–Kier alpha value is -2.93. The van der Waals surface area contributed by atoms with Crippen molar-refractivity contribution in [1.29, 1.82) is 0 Å². The summed E-state index contributed by atoms with van der Waals surface area (Å²) in [5.41, 5.74) is 7.38. The summed E-state index contributed by atoms with van der Waals surface area (Å²) in [6, 6.07) is 13.3. The second kappa shape index (κ2) is 9.14. The molecule has 2 N–H and O–H groups in total. The van der Waals surface area contributed by atoms with Crippen molar-refractivity contribution >= 4 is 11.8 Å². The van der Waals surface area contributed by atoms with Crippen LogP contribution in [0.1, 0.15) is 26.3 Å². The van der Waals surface area contributed by atoms with Gasteiger partial charge in [-0.3, -0.25) is 0 Å². The Balaban J connectivity index is 2.11. The summed E-state index contributed by atoms with van der Waals surface area (Å²) in [6.07, 6.45) is -0.823. The van der Waals surface area contributed by atoms with Crippen LogP contribution in [0.15, 0.2) is 42.5 Å². The first-order chi connectivity index (χ1) is 12.8. The fourth-order valence-electron chi connectivity index (χ4n) is 2.26. The highest BCUT2D eigenvalue weighted by Crippen LogP contribution is 2.39. The molecule has 7 heteroatoms. The van der Waals surface area contributed by atoms with Gasteiger partial charge in [0.25, 0.3) is 0 Å². The first-order valence-corrected chi connectivity index (χ1v) is 8.52. The topological polar surface area (TPSA) is 78.0 Å². The average Bonchev–Trinajstić information content (AvgIpc) is 2.61. The highest BCUT2D eigenvalue weighted by Gasteiger charge is 2.22. The molecule has 146 valence electrons. The number of methoxy groups -OCH3 is 2. The van der Waals surface area contributed by atoms with Crippen LogP contribution >= 0.6 is 0 Å². The quantitative estimate of drug-likeness (QED) is 0.428. The third-order valence-electron chi connectivity index (χ3n) is 3.39. The predicted octanol–water partition coefficient (Wildman–Crippen LogP) is 4.13. The molecule has 0 aliphatic heterocycles. The van der Waals surface area contributed by atoms with Crippen molar-refractivity contribution in [2.24, 2.45) is 0 Å². The van der Waals surface area contributed by atoms with Crippen LogP contribution in [0.2, 0.25) is 0 Å². The van der Waals surface area contributed by atoms with E-state index in [1.54, 1.807) is 32.9 Å². The Morgan fingerprint density at radius 2 is 1.59 bits per heavy atom. The fourth-order valence-corrected chi connectivity index (χ4v) is 2.26. The summed E-state index contributed by atoms with van der Waals surface area (Å²) in [6.45, 7) is 5.78. The predicted molar refractivity (Wildman–Crippen MR) is 103 cm³/mol. The lowest BCUT2D eigenvalue weighted by Gasteiger charge is -2.20. The number of rotatable bonds is 7. The number of carbonyl (C=O) groups excluding carboxylic acids is 1. The maximum atomic E-state index is 12.0. The van der Waals surface area contributed by atoms with E-state index in [0.717, 1.165) is 11.3 Å². The monoisotopic (exact) mass is 374 g/mol. The number of carbonyl (C=O) groups is 1. The van der Waals surface area contributed by atoms with E-state index in [1.807, 2.05) is 30.3 Å². The molecule has 0 atom stereocenters. The van der Waals surface area contributed by atoms with Gasteiger partial charge in [0.1, 0.15) is 5.60 Å². The molecule has 2 rings (SSSR count). The van der Waals surface area contributed by atoms with E-state index in [1.165, 1.54) is 14.2 Å². The van der Waals surface area contributed by atoms with Gasteiger partial charge in [-0.15, -0.1) is 0 Å². The minimum absolute atomic E-state index is 0.175. The minimum Gasteiger partial charge on any atom is -0.493 e. The van der Waals surface area contributed by atoms with Crippen molar-refractivity contribution in [3.8, 4) is 17.2 Å². The molecular formula is C20H26N2O5. The molecule has 0 heterocycles. The maximum Gasteiger partial charge on any atom is 0.514 e. The Kier molecular flexibility index (Phi) is 6.90. The van der Waals surface area contributed by atoms with E-state index in [-0.39, 0.29) is 5.75 Å².